The molecule has 1 saturated carbocycles. The van der Waals surface area contributed by atoms with Crippen molar-refractivity contribution in [2.24, 2.45) is 0 Å². The fourth-order valence-corrected chi connectivity index (χ4v) is 3.62. The standard InChI is InChI=1S/C17H20ClN5O2/c18-12-8-19-17(20-9-12)21-13-1-3-14(4-2-13)23-16(24)7-11-10-25-6-5-15(11)22-23/h7-9,13-14H,1-6,10H2,(H,19,20,21). The molecule has 2 aromatic rings. The molecule has 0 radical (unpaired) electrons. The predicted octanol–water partition coefficient (Wildman–Crippen LogP) is 2.36. The smallest absolute Gasteiger partial charge is 0.267 e. The van der Waals surface area contributed by atoms with E-state index in [4.69, 9.17) is 16.3 Å². The van der Waals surface area contributed by atoms with Gasteiger partial charge in [-0.1, -0.05) is 11.6 Å². The highest BCUT2D eigenvalue weighted by atomic mass is 35.5. The molecule has 0 atom stereocenters. The van der Waals surface area contributed by atoms with Gasteiger partial charge in [0.05, 0.1) is 42.4 Å². The Hall–Kier alpha value is -1.99. The molecule has 4 rings (SSSR count). The van der Waals surface area contributed by atoms with Crippen LogP contribution in [0, 0.1) is 0 Å². The van der Waals surface area contributed by atoms with Crippen LogP contribution in [0.2, 0.25) is 5.02 Å². The molecule has 1 aliphatic carbocycles. The van der Waals surface area contributed by atoms with Crippen LogP contribution in [0.1, 0.15) is 43.0 Å². The summed E-state index contributed by atoms with van der Waals surface area (Å²) in [5.74, 6) is 0.594. The van der Waals surface area contributed by atoms with Gasteiger partial charge in [0.15, 0.2) is 0 Å². The van der Waals surface area contributed by atoms with Crippen LogP contribution in [0.4, 0.5) is 5.95 Å². The van der Waals surface area contributed by atoms with Crippen LogP contribution in [0.3, 0.4) is 0 Å². The van der Waals surface area contributed by atoms with Crippen LogP contribution in [0.25, 0.3) is 0 Å². The average molecular weight is 362 g/mol. The van der Waals surface area contributed by atoms with E-state index in [2.05, 4.69) is 20.4 Å². The minimum absolute atomic E-state index is 0.0262. The van der Waals surface area contributed by atoms with Crippen LogP contribution in [0.15, 0.2) is 23.3 Å². The highest BCUT2D eigenvalue weighted by Gasteiger charge is 2.25. The van der Waals surface area contributed by atoms with E-state index in [0.717, 1.165) is 43.4 Å². The maximum Gasteiger partial charge on any atom is 0.267 e. The van der Waals surface area contributed by atoms with Crippen LogP contribution >= 0.6 is 11.6 Å². The van der Waals surface area contributed by atoms with Crippen molar-refractivity contribution >= 4 is 17.5 Å². The van der Waals surface area contributed by atoms with Gasteiger partial charge in [0.1, 0.15) is 0 Å². The Kier molecular flexibility index (Phi) is 4.67. The van der Waals surface area contributed by atoms with Gasteiger partial charge in [-0.05, 0) is 25.7 Å². The molecular formula is C17H20ClN5O2. The summed E-state index contributed by atoms with van der Waals surface area (Å²) in [6, 6.07) is 2.15. The van der Waals surface area contributed by atoms with Gasteiger partial charge in [-0.15, -0.1) is 0 Å². The Morgan fingerprint density at radius 3 is 2.72 bits per heavy atom. The third-order valence-corrected chi connectivity index (χ3v) is 5.05. The van der Waals surface area contributed by atoms with Crippen LogP contribution in [0.5, 0.6) is 0 Å². The summed E-state index contributed by atoms with van der Waals surface area (Å²) in [6.45, 7) is 1.17. The number of hydrogen-bond acceptors (Lipinski definition) is 6. The first-order chi connectivity index (χ1) is 12.2. The lowest BCUT2D eigenvalue weighted by Crippen LogP contribution is -2.35. The first-order valence-corrected chi connectivity index (χ1v) is 9.00. The molecule has 8 heteroatoms. The molecule has 0 spiro atoms. The fraction of sp³-hybridized carbons (Fsp3) is 0.529. The first-order valence-electron chi connectivity index (χ1n) is 8.62. The molecule has 132 valence electrons. The Bertz CT molecular complexity index is 800. The zero-order chi connectivity index (χ0) is 17.2. The third-order valence-electron chi connectivity index (χ3n) is 4.86. The number of anilines is 1. The highest BCUT2D eigenvalue weighted by molar-refractivity contribution is 6.30. The van der Waals surface area contributed by atoms with Crippen LogP contribution in [-0.2, 0) is 17.8 Å². The van der Waals surface area contributed by atoms with E-state index < -0.39 is 0 Å². The monoisotopic (exact) mass is 361 g/mol. The maximum atomic E-state index is 12.4. The molecule has 25 heavy (non-hydrogen) atoms. The van der Waals surface area contributed by atoms with E-state index in [-0.39, 0.29) is 11.6 Å². The minimum atomic E-state index is -0.0262. The van der Waals surface area contributed by atoms with Gasteiger partial charge in [0, 0.05) is 24.1 Å². The summed E-state index contributed by atoms with van der Waals surface area (Å²) in [4.78, 5) is 20.7. The Labute approximate surface area is 150 Å². The van der Waals surface area contributed by atoms with E-state index in [1.54, 1.807) is 23.1 Å². The molecule has 0 saturated heterocycles. The number of nitrogens with one attached hydrogen (secondary N) is 1. The number of rotatable bonds is 3. The zero-order valence-electron chi connectivity index (χ0n) is 13.8. The van der Waals surface area contributed by atoms with Gasteiger partial charge in [-0.25, -0.2) is 14.6 Å². The highest BCUT2D eigenvalue weighted by Crippen LogP contribution is 2.28. The van der Waals surface area contributed by atoms with Crippen molar-refractivity contribution in [3.63, 3.8) is 0 Å². The Morgan fingerprint density at radius 2 is 1.96 bits per heavy atom. The Balaban J connectivity index is 1.42. The normalized spacial score (nSPS) is 23.1. The average Bonchev–Trinajstić information content (AvgIpc) is 2.64. The van der Waals surface area contributed by atoms with E-state index in [1.165, 1.54) is 0 Å². The molecule has 1 fully saturated rings. The van der Waals surface area contributed by atoms with Crippen molar-refractivity contribution in [3.8, 4) is 0 Å². The summed E-state index contributed by atoms with van der Waals surface area (Å²) < 4.78 is 7.08. The second-order valence-corrected chi connectivity index (χ2v) is 7.01. The molecule has 2 aliphatic rings. The predicted molar refractivity (Wildman–Crippen MR) is 93.8 cm³/mol. The third kappa shape index (κ3) is 3.67. The van der Waals surface area contributed by atoms with Crippen molar-refractivity contribution in [2.45, 2.75) is 50.8 Å². The summed E-state index contributed by atoms with van der Waals surface area (Å²) in [5, 5.41) is 8.48. The second kappa shape index (κ2) is 7.09. The van der Waals surface area contributed by atoms with Crippen molar-refractivity contribution in [1.82, 2.24) is 19.7 Å². The quantitative estimate of drug-likeness (QED) is 0.903. The number of ether oxygens (including phenoxy) is 1. The van der Waals surface area contributed by atoms with E-state index in [1.807, 2.05) is 0 Å². The van der Waals surface area contributed by atoms with Crippen molar-refractivity contribution in [1.29, 1.82) is 0 Å². The molecule has 0 bridgehead atoms. The van der Waals surface area contributed by atoms with Crippen molar-refractivity contribution < 1.29 is 4.74 Å². The molecule has 0 amide bonds. The van der Waals surface area contributed by atoms with Crippen molar-refractivity contribution in [3.05, 3.63) is 45.1 Å². The fourth-order valence-electron chi connectivity index (χ4n) is 3.52. The van der Waals surface area contributed by atoms with Gasteiger partial charge in [0.25, 0.3) is 5.56 Å². The minimum Gasteiger partial charge on any atom is -0.376 e. The summed E-state index contributed by atoms with van der Waals surface area (Å²) in [7, 11) is 0. The lowest BCUT2D eigenvalue weighted by Gasteiger charge is -2.30. The lowest BCUT2D eigenvalue weighted by molar-refractivity contribution is 0.107. The topological polar surface area (TPSA) is 81.9 Å². The summed E-state index contributed by atoms with van der Waals surface area (Å²) in [6.07, 6.45) is 7.67. The number of hydrogen-bond donors (Lipinski definition) is 1. The van der Waals surface area contributed by atoms with E-state index in [9.17, 15) is 4.79 Å². The molecule has 2 aromatic heterocycles. The van der Waals surface area contributed by atoms with Gasteiger partial charge in [-0.2, -0.15) is 5.10 Å². The summed E-state index contributed by atoms with van der Waals surface area (Å²) in [5.41, 5.74) is 1.91. The SMILES string of the molecule is O=c1cc2c(nn1C1CCC(Nc3ncc(Cl)cn3)CC1)CCOC2. The lowest BCUT2D eigenvalue weighted by atomic mass is 9.91. The molecular weight excluding hydrogens is 342 g/mol. The van der Waals surface area contributed by atoms with Gasteiger partial charge >= 0.3 is 0 Å². The molecule has 3 heterocycles. The van der Waals surface area contributed by atoms with E-state index in [0.29, 0.717) is 30.2 Å². The van der Waals surface area contributed by atoms with Crippen LogP contribution < -0.4 is 10.9 Å². The molecule has 0 unspecified atom stereocenters. The van der Waals surface area contributed by atoms with Gasteiger partial charge in [-0.3, -0.25) is 4.79 Å². The first kappa shape index (κ1) is 16.5. The number of aromatic nitrogens is 4. The Morgan fingerprint density at radius 1 is 1.20 bits per heavy atom. The summed E-state index contributed by atoms with van der Waals surface area (Å²) >= 11 is 5.81. The maximum absolute atomic E-state index is 12.4. The van der Waals surface area contributed by atoms with Gasteiger partial charge < -0.3 is 10.1 Å². The number of nitrogens with zero attached hydrogens (tertiary/aromatic N) is 4. The van der Waals surface area contributed by atoms with Gasteiger partial charge in [0.2, 0.25) is 5.95 Å². The molecule has 1 N–H and O–H groups in total. The molecule has 1 aliphatic heterocycles. The number of fused-ring (bicyclic) bond motifs is 1. The molecule has 7 nitrogen and oxygen atoms in total. The van der Waals surface area contributed by atoms with Crippen molar-refractivity contribution in [2.75, 3.05) is 11.9 Å². The van der Waals surface area contributed by atoms with Crippen LogP contribution in [-0.4, -0.2) is 32.4 Å². The largest absolute Gasteiger partial charge is 0.376 e. The molecule has 0 aromatic carbocycles. The van der Waals surface area contributed by atoms with E-state index >= 15 is 0 Å². The second-order valence-electron chi connectivity index (χ2n) is 6.58. The zero-order valence-corrected chi connectivity index (χ0v) is 14.6. The number of halogens is 1.